The highest BCUT2D eigenvalue weighted by molar-refractivity contribution is 8.00. The van der Waals surface area contributed by atoms with Gasteiger partial charge in [0.25, 0.3) is 0 Å². The molecule has 0 aliphatic rings. The molecule has 4 N–H and O–H groups in total. The number of hydroxylamine groups is 2. The molecule has 3 atom stereocenters. The van der Waals surface area contributed by atoms with E-state index in [0.29, 0.717) is 35.3 Å². The third-order valence-corrected chi connectivity index (χ3v) is 9.81. The minimum absolute atomic E-state index is 0.256. The number of aromatic nitrogens is 1. The molecule has 0 aliphatic carbocycles. The maximum absolute atomic E-state index is 14.0. The van der Waals surface area contributed by atoms with Crippen LogP contribution in [0.4, 0.5) is 9.93 Å². The Kier molecular flexibility index (Phi) is 12.6. The number of rotatable bonds is 16. The fourth-order valence-electron chi connectivity index (χ4n) is 4.49. The number of hydrogen-bond donors (Lipinski definition) is 4. The number of thiophene rings is 1. The molecule has 4 amide bonds. The maximum atomic E-state index is 14.0. The van der Waals surface area contributed by atoms with Crippen molar-refractivity contribution in [3.63, 3.8) is 0 Å². The predicted octanol–water partition coefficient (Wildman–Crippen LogP) is 4.52. The Morgan fingerprint density at radius 2 is 1.98 bits per heavy atom. The summed E-state index contributed by atoms with van der Waals surface area (Å²) in [6, 6.07) is 8.02. The molecule has 2 aromatic heterocycles. The van der Waals surface area contributed by atoms with Gasteiger partial charge in [-0.25, -0.2) is 14.8 Å². The highest BCUT2D eigenvalue weighted by atomic mass is 32.2. The lowest BCUT2D eigenvalue weighted by molar-refractivity contribution is -0.168. The Balaban J connectivity index is 1.86. The molecule has 1 aromatic carbocycles. The first-order valence-corrected chi connectivity index (χ1v) is 16.2. The van der Waals surface area contributed by atoms with E-state index in [0.717, 1.165) is 15.0 Å². The second-order valence-corrected chi connectivity index (χ2v) is 13.7. The van der Waals surface area contributed by atoms with E-state index in [4.69, 9.17) is 4.74 Å². The molecule has 0 fully saturated rings. The highest BCUT2D eigenvalue weighted by Crippen LogP contribution is 2.32. The fourth-order valence-corrected chi connectivity index (χ4v) is 7.21. The number of anilines is 1. The molecule has 42 heavy (non-hydrogen) atoms. The molecule has 0 radical (unpaired) electrons. The first kappa shape index (κ1) is 33.3. The van der Waals surface area contributed by atoms with Gasteiger partial charge in [0.1, 0.15) is 6.04 Å². The quantitative estimate of drug-likeness (QED) is 0.0777. The third-order valence-electron chi connectivity index (χ3n) is 6.59. The van der Waals surface area contributed by atoms with Gasteiger partial charge < -0.3 is 20.7 Å². The number of thiazole rings is 1. The van der Waals surface area contributed by atoms with Crippen LogP contribution in [-0.4, -0.2) is 75.3 Å². The van der Waals surface area contributed by atoms with E-state index < -0.39 is 40.7 Å². The molecule has 0 aliphatic heterocycles. The van der Waals surface area contributed by atoms with Crippen molar-refractivity contribution in [3.05, 3.63) is 46.8 Å². The topological polar surface area (TPSA) is 150 Å². The van der Waals surface area contributed by atoms with Crippen molar-refractivity contribution < 1.29 is 29.1 Å². The van der Waals surface area contributed by atoms with E-state index in [-0.39, 0.29) is 13.0 Å². The Hall–Kier alpha value is -3.20. The van der Waals surface area contributed by atoms with E-state index in [1.165, 1.54) is 34.4 Å². The first-order chi connectivity index (χ1) is 20.1. The van der Waals surface area contributed by atoms with Gasteiger partial charge in [-0.05, 0) is 51.1 Å². The summed E-state index contributed by atoms with van der Waals surface area (Å²) in [7, 11) is 0. The van der Waals surface area contributed by atoms with E-state index in [1.54, 1.807) is 25.4 Å². The number of carbonyl (C=O) groups is 4. The van der Waals surface area contributed by atoms with E-state index in [1.807, 2.05) is 44.2 Å². The molecular weight excluding hydrogens is 599 g/mol. The molecule has 0 unspecified atom stereocenters. The van der Waals surface area contributed by atoms with Crippen molar-refractivity contribution in [3.8, 4) is 0 Å². The van der Waals surface area contributed by atoms with Crippen molar-refractivity contribution in [2.24, 2.45) is 5.92 Å². The lowest BCUT2D eigenvalue weighted by Gasteiger charge is -2.36. The van der Waals surface area contributed by atoms with Crippen LogP contribution in [0, 0.1) is 5.92 Å². The number of benzene rings is 1. The molecule has 3 rings (SSSR count). The van der Waals surface area contributed by atoms with Gasteiger partial charge in [0.05, 0.1) is 18.6 Å². The summed E-state index contributed by atoms with van der Waals surface area (Å²) in [5.41, 5.74) is 0. The molecule has 0 saturated carbocycles. The van der Waals surface area contributed by atoms with Crippen LogP contribution in [0.5, 0.6) is 0 Å². The van der Waals surface area contributed by atoms with Crippen LogP contribution in [0.25, 0.3) is 10.1 Å². The zero-order valence-corrected chi connectivity index (χ0v) is 26.4. The predicted molar refractivity (Wildman–Crippen MR) is 167 cm³/mol. The largest absolute Gasteiger partial charge is 0.450 e. The zero-order valence-electron chi connectivity index (χ0n) is 24.0. The first-order valence-electron chi connectivity index (χ1n) is 13.5. The van der Waals surface area contributed by atoms with Crippen LogP contribution < -0.4 is 16.0 Å². The van der Waals surface area contributed by atoms with Gasteiger partial charge in [-0.2, -0.15) is 11.8 Å². The minimum Gasteiger partial charge on any atom is -0.450 e. The molecule has 11 nitrogen and oxygen atoms in total. The van der Waals surface area contributed by atoms with Crippen LogP contribution in [-0.2, 0) is 25.5 Å². The van der Waals surface area contributed by atoms with Gasteiger partial charge >= 0.3 is 6.09 Å². The number of nitrogens with zero attached hydrogens (tertiary/aromatic N) is 2. The van der Waals surface area contributed by atoms with Crippen molar-refractivity contribution in [1.82, 2.24) is 20.7 Å². The fraction of sp³-hybridized carbons (Fsp3) is 0.464. The lowest BCUT2D eigenvalue weighted by Crippen LogP contribution is -2.58. The number of thioether (sulfide) groups is 1. The van der Waals surface area contributed by atoms with Crippen LogP contribution >= 0.6 is 34.4 Å². The van der Waals surface area contributed by atoms with Crippen molar-refractivity contribution in [2.75, 3.05) is 24.2 Å². The molecule has 14 heteroatoms. The molecule has 0 saturated heterocycles. The normalized spacial score (nSPS) is 13.5. The number of carbonyl (C=O) groups excluding carboxylic acids is 4. The summed E-state index contributed by atoms with van der Waals surface area (Å²) < 4.78 is 5.12. The molecule has 0 bridgehead atoms. The zero-order chi connectivity index (χ0) is 30.7. The average Bonchev–Trinajstić information content (AvgIpc) is 3.63. The van der Waals surface area contributed by atoms with Crippen LogP contribution in [0.1, 0.15) is 39.0 Å². The highest BCUT2D eigenvalue weighted by Gasteiger charge is 2.40. The Bertz CT molecular complexity index is 1300. The monoisotopic (exact) mass is 635 g/mol. The van der Waals surface area contributed by atoms with Crippen LogP contribution in [0.3, 0.4) is 0 Å². The van der Waals surface area contributed by atoms with Gasteiger partial charge in [0.2, 0.25) is 18.2 Å². The molecular formula is C28H37N5O6S3. The van der Waals surface area contributed by atoms with E-state index in [9.17, 15) is 24.4 Å². The van der Waals surface area contributed by atoms with Gasteiger partial charge in [-0.15, -0.1) is 22.7 Å². The molecule has 228 valence electrons. The van der Waals surface area contributed by atoms with E-state index >= 15 is 0 Å². The number of fused-ring (bicyclic) bond motifs is 1. The van der Waals surface area contributed by atoms with Gasteiger partial charge in [0.15, 0.2) is 5.13 Å². The maximum Gasteiger partial charge on any atom is 0.407 e. The second kappa shape index (κ2) is 15.9. The van der Waals surface area contributed by atoms with Crippen LogP contribution in [0.15, 0.2) is 41.9 Å². The summed E-state index contributed by atoms with van der Waals surface area (Å²) >= 11 is 4.19. The second-order valence-electron chi connectivity index (χ2n) is 9.89. The van der Waals surface area contributed by atoms with Crippen molar-refractivity contribution in [2.45, 2.75) is 57.4 Å². The SMILES string of the molecule is CCOC(=O)NCCSC(C)(C)[C@H](NC(=O)[C@H](Cc1cc2ccccc2s1)[C@H](CC)N(O)C=O)C(=O)Nc1nccs1. The van der Waals surface area contributed by atoms with Crippen molar-refractivity contribution >= 4 is 74.0 Å². The third kappa shape index (κ3) is 9.15. The van der Waals surface area contributed by atoms with Gasteiger partial charge in [0, 0.05) is 38.2 Å². The number of amides is 4. The number of hydrogen-bond acceptors (Lipinski definition) is 10. The summed E-state index contributed by atoms with van der Waals surface area (Å²) in [5.74, 6) is -1.34. The van der Waals surface area contributed by atoms with Crippen LogP contribution in [0.2, 0.25) is 0 Å². The molecule has 3 aromatic rings. The van der Waals surface area contributed by atoms with E-state index in [2.05, 4.69) is 20.9 Å². The van der Waals surface area contributed by atoms with Gasteiger partial charge in [-0.3, -0.25) is 19.6 Å². The summed E-state index contributed by atoms with van der Waals surface area (Å²) in [5, 5.41) is 22.5. The summed E-state index contributed by atoms with van der Waals surface area (Å²) in [6.07, 6.45) is 1.90. The lowest BCUT2D eigenvalue weighted by atomic mass is 9.91. The number of alkyl carbamates (subject to hydrolysis) is 1. The standard InChI is InChI=1S/C28H37N5O6S3/c1-5-21(33(38)17-34)20(16-19-15-18-9-7-8-10-22(18)42-19)24(35)31-23(25(36)32-26-29-11-13-40-26)28(3,4)41-14-12-30-27(37)39-6-2/h7-11,13,15,17,20-21,23,38H,5-6,12,14,16H2,1-4H3,(H,30,37)(H,31,35)(H,29,32,36)/t20-,21+,23-/m1/s1. The van der Waals surface area contributed by atoms with Gasteiger partial charge in [-0.1, -0.05) is 25.1 Å². The Labute approximate surface area is 257 Å². The summed E-state index contributed by atoms with van der Waals surface area (Å²) in [6.45, 7) is 7.71. The Morgan fingerprint density at radius 1 is 1.21 bits per heavy atom. The smallest absolute Gasteiger partial charge is 0.407 e. The molecule has 2 heterocycles. The minimum atomic E-state index is -1.02. The van der Waals surface area contributed by atoms with Crippen molar-refractivity contribution in [1.29, 1.82) is 0 Å². The number of ether oxygens (including phenoxy) is 1. The summed E-state index contributed by atoms with van der Waals surface area (Å²) in [4.78, 5) is 55.8. The number of nitrogens with one attached hydrogen (secondary N) is 3. The Morgan fingerprint density at radius 3 is 2.62 bits per heavy atom. The molecule has 0 spiro atoms. The average molecular weight is 636 g/mol.